The second-order valence-corrected chi connectivity index (χ2v) is 13.3. The van der Waals surface area contributed by atoms with Gasteiger partial charge in [0.15, 0.2) is 9.84 Å². The van der Waals surface area contributed by atoms with Crippen molar-refractivity contribution >= 4 is 21.4 Å². The van der Waals surface area contributed by atoms with Gasteiger partial charge >= 0.3 is 0 Å². The highest BCUT2D eigenvalue weighted by Gasteiger charge is 2.37. The minimum Gasteiger partial charge on any atom is -0.497 e. The molecule has 1 aromatic heterocycles. The van der Waals surface area contributed by atoms with Gasteiger partial charge in [0, 0.05) is 23.5 Å². The number of anilines is 1. The molecule has 2 heterocycles. The highest BCUT2D eigenvalue weighted by Crippen LogP contribution is 2.38. The Balaban J connectivity index is 1.57. The first-order chi connectivity index (χ1) is 19.4. The second-order valence-electron chi connectivity index (χ2n) is 11.2. The standard InChI is InChI=1S/C32H32FN3O4S/c1-32(2,3)24-13-23(16-35-17-24)26-14-29-30(15-27(26)33)41(38,39)19-28(34)31(37)36(29)18-20-5-7-21(8-6-20)22-9-11-25(40-4)12-10-22/h5-17,28H,18-19,34H2,1-4H3/t28-/m0/s1. The molecule has 1 aliphatic rings. The lowest BCUT2D eigenvalue weighted by Crippen LogP contribution is -2.45. The minimum atomic E-state index is -4.04. The quantitative estimate of drug-likeness (QED) is 0.338. The summed E-state index contributed by atoms with van der Waals surface area (Å²) in [7, 11) is -2.43. The molecule has 7 nitrogen and oxygen atoms in total. The molecule has 5 rings (SSSR count). The monoisotopic (exact) mass is 573 g/mol. The summed E-state index contributed by atoms with van der Waals surface area (Å²) in [6, 6.07) is 18.2. The number of pyridine rings is 1. The molecule has 41 heavy (non-hydrogen) atoms. The zero-order chi connectivity index (χ0) is 29.5. The molecule has 4 aromatic rings. The summed E-state index contributed by atoms with van der Waals surface area (Å²) in [6.45, 7) is 6.13. The zero-order valence-corrected chi connectivity index (χ0v) is 24.2. The fourth-order valence-corrected chi connectivity index (χ4v) is 6.44. The fourth-order valence-electron chi connectivity index (χ4n) is 4.87. The number of methoxy groups -OCH3 is 1. The molecule has 1 amide bonds. The molecule has 2 N–H and O–H groups in total. The average molecular weight is 574 g/mol. The van der Waals surface area contributed by atoms with Gasteiger partial charge in [-0.1, -0.05) is 57.2 Å². The van der Waals surface area contributed by atoms with Crippen molar-refractivity contribution < 1.29 is 22.3 Å². The van der Waals surface area contributed by atoms with E-state index in [9.17, 15) is 13.2 Å². The van der Waals surface area contributed by atoms with E-state index in [1.54, 1.807) is 13.3 Å². The molecule has 1 aliphatic heterocycles. The van der Waals surface area contributed by atoms with Crippen LogP contribution < -0.4 is 15.4 Å². The maximum Gasteiger partial charge on any atom is 0.245 e. The van der Waals surface area contributed by atoms with Crippen molar-refractivity contribution in [3.63, 3.8) is 0 Å². The van der Waals surface area contributed by atoms with Crippen molar-refractivity contribution in [3.8, 4) is 28.0 Å². The Hall–Kier alpha value is -4.08. The van der Waals surface area contributed by atoms with Crippen LogP contribution in [0.1, 0.15) is 31.9 Å². The molecule has 0 saturated carbocycles. The molecule has 0 radical (unpaired) electrons. The van der Waals surface area contributed by atoms with Crippen molar-refractivity contribution in [2.45, 2.75) is 43.7 Å². The van der Waals surface area contributed by atoms with Crippen molar-refractivity contribution in [1.29, 1.82) is 0 Å². The van der Waals surface area contributed by atoms with Gasteiger partial charge in [-0.2, -0.15) is 0 Å². The van der Waals surface area contributed by atoms with Gasteiger partial charge in [0.2, 0.25) is 5.91 Å². The summed E-state index contributed by atoms with van der Waals surface area (Å²) < 4.78 is 47.2. The molecular weight excluding hydrogens is 541 g/mol. The number of rotatable bonds is 5. The van der Waals surface area contributed by atoms with E-state index in [2.05, 4.69) is 4.98 Å². The van der Waals surface area contributed by atoms with Crippen LogP contribution in [0.25, 0.3) is 22.3 Å². The van der Waals surface area contributed by atoms with Gasteiger partial charge in [-0.3, -0.25) is 9.78 Å². The third-order valence-corrected chi connectivity index (χ3v) is 9.08. The van der Waals surface area contributed by atoms with Gasteiger partial charge in [-0.05, 0) is 58.0 Å². The van der Waals surface area contributed by atoms with Crippen LogP contribution in [0, 0.1) is 5.82 Å². The predicted molar refractivity (Wildman–Crippen MR) is 158 cm³/mol. The lowest BCUT2D eigenvalue weighted by Gasteiger charge is -2.25. The number of hydrogen-bond donors (Lipinski definition) is 1. The number of sulfone groups is 1. The average Bonchev–Trinajstić information content (AvgIpc) is 3.01. The highest BCUT2D eigenvalue weighted by molar-refractivity contribution is 7.91. The molecule has 0 bridgehead atoms. The number of amides is 1. The van der Waals surface area contributed by atoms with Crippen LogP contribution in [0.15, 0.2) is 84.0 Å². The first-order valence-corrected chi connectivity index (χ1v) is 14.8. The number of aromatic nitrogens is 1. The number of carbonyl (C=O) groups excluding carboxylic acids is 1. The smallest absolute Gasteiger partial charge is 0.245 e. The Morgan fingerprint density at radius 2 is 1.61 bits per heavy atom. The van der Waals surface area contributed by atoms with E-state index in [0.29, 0.717) is 5.56 Å². The van der Waals surface area contributed by atoms with Gasteiger partial charge < -0.3 is 15.4 Å². The number of ether oxygens (including phenoxy) is 1. The Labute approximate surface area is 239 Å². The van der Waals surface area contributed by atoms with Gasteiger partial charge in [-0.25, -0.2) is 12.8 Å². The molecule has 0 fully saturated rings. The van der Waals surface area contributed by atoms with E-state index >= 15 is 4.39 Å². The van der Waals surface area contributed by atoms with Crippen LogP contribution in [0.2, 0.25) is 0 Å². The van der Waals surface area contributed by atoms with E-state index < -0.39 is 33.4 Å². The summed E-state index contributed by atoms with van der Waals surface area (Å²) in [6.07, 6.45) is 3.25. The Kier molecular flexibility index (Phi) is 7.44. The van der Waals surface area contributed by atoms with Gasteiger partial charge in [0.1, 0.15) is 11.6 Å². The van der Waals surface area contributed by atoms with Crippen molar-refractivity contribution in [2.75, 3.05) is 17.8 Å². The van der Waals surface area contributed by atoms with Gasteiger partial charge in [0.05, 0.1) is 36.0 Å². The first-order valence-electron chi connectivity index (χ1n) is 13.2. The van der Waals surface area contributed by atoms with Crippen LogP contribution >= 0.6 is 0 Å². The Morgan fingerprint density at radius 1 is 0.976 bits per heavy atom. The summed E-state index contributed by atoms with van der Waals surface area (Å²) in [4.78, 5) is 18.9. The van der Waals surface area contributed by atoms with Gasteiger partial charge in [0.25, 0.3) is 0 Å². The fraction of sp³-hybridized carbons (Fsp3) is 0.250. The topological polar surface area (TPSA) is 103 Å². The largest absolute Gasteiger partial charge is 0.497 e. The highest BCUT2D eigenvalue weighted by atomic mass is 32.2. The van der Waals surface area contributed by atoms with Crippen LogP contribution in [0.3, 0.4) is 0 Å². The summed E-state index contributed by atoms with van der Waals surface area (Å²) in [5.74, 6) is -1.12. The third-order valence-electron chi connectivity index (χ3n) is 7.29. The molecule has 0 aliphatic carbocycles. The van der Waals surface area contributed by atoms with E-state index in [4.69, 9.17) is 10.5 Å². The lowest BCUT2D eigenvalue weighted by molar-refractivity contribution is -0.119. The summed E-state index contributed by atoms with van der Waals surface area (Å²) in [5.41, 5.74) is 10.2. The van der Waals surface area contributed by atoms with Crippen LogP contribution in [0.4, 0.5) is 10.1 Å². The SMILES string of the molecule is COc1ccc(-c2ccc(CN3C(=O)[C@@H](N)CS(=O)(=O)c4cc(F)c(-c5cncc(C(C)(C)C)c5)cc43)cc2)cc1. The van der Waals surface area contributed by atoms with Crippen LogP contribution in [-0.2, 0) is 26.6 Å². The summed E-state index contributed by atoms with van der Waals surface area (Å²) in [5, 5.41) is 0. The number of halogens is 1. The van der Waals surface area contributed by atoms with E-state index in [-0.39, 0.29) is 28.1 Å². The number of fused-ring (bicyclic) bond motifs is 1. The number of nitrogens with zero attached hydrogens (tertiary/aromatic N) is 2. The van der Waals surface area contributed by atoms with Crippen molar-refractivity contribution in [3.05, 3.63) is 96.1 Å². The first kappa shape index (κ1) is 28.4. The van der Waals surface area contributed by atoms with Crippen molar-refractivity contribution in [2.24, 2.45) is 5.73 Å². The van der Waals surface area contributed by atoms with E-state index in [1.807, 2.05) is 75.4 Å². The number of hydrogen-bond acceptors (Lipinski definition) is 6. The number of benzene rings is 3. The molecule has 212 valence electrons. The van der Waals surface area contributed by atoms with Crippen LogP contribution in [0.5, 0.6) is 5.75 Å². The van der Waals surface area contributed by atoms with E-state index in [0.717, 1.165) is 34.1 Å². The maximum absolute atomic E-state index is 15.5. The lowest BCUT2D eigenvalue weighted by atomic mass is 9.87. The Bertz CT molecular complexity index is 1710. The summed E-state index contributed by atoms with van der Waals surface area (Å²) >= 11 is 0. The van der Waals surface area contributed by atoms with Crippen LogP contribution in [-0.4, -0.2) is 38.2 Å². The second kappa shape index (κ2) is 10.7. The van der Waals surface area contributed by atoms with Crippen molar-refractivity contribution in [1.82, 2.24) is 4.98 Å². The maximum atomic E-state index is 15.5. The third kappa shape index (κ3) is 5.73. The zero-order valence-electron chi connectivity index (χ0n) is 23.4. The molecule has 0 saturated heterocycles. The molecular formula is C32H32FN3O4S. The molecule has 9 heteroatoms. The number of nitrogens with two attached hydrogens (primary N) is 1. The predicted octanol–water partition coefficient (Wildman–Crippen LogP) is 5.51. The molecule has 3 aromatic carbocycles. The minimum absolute atomic E-state index is 0.0588. The van der Waals surface area contributed by atoms with Gasteiger partial charge in [-0.15, -0.1) is 0 Å². The normalized spacial score (nSPS) is 16.7. The number of carbonyl (C=O) groups is 1. The van der Waals surface area contributed by atoms with E-state index in [1.165, 1.54) is 17.2 Å². The molecule has 1 atom stereocenters. The molecule has 0 unspecified atom stereocenters. The Morgan fingerprint density at radius 3 is 2.22 bits per heavy atom. The molecule has 0 spiro atoms.